The molecule has 0 amide bonds. The van der Waals surface area contributed by atoms with Crippen LogP contribution in [0, 0.1) is 11.8 Å². The van der Waals surface area contributed by atoms with Gasteiger partial charge in [-0.1, -0.05) is 29.8 Å². The Kier molecular flexibility index (Phi) is 5.54. The van der Waals surface area contributed by atoms with Crippen LogP contribution in [0.4, 0.5) is 0 Å². The number of hydrogen-bond donors (Lipinski definition) is 1. The molecule has 1 atom stereocenters. The third kappa shape index (κ3) is 3.96. The molecule has 0 aromatic rings. The topological polar surface area (TPSA) is 49.4 Å². The first-order valence-corrected chi connectivity index (χ1v) is 10.3. The van der Waals surface area contributed by atoms with Crippen molar-refractivity contribution in [2.24, 2.45) is 11.8 Å². The van der Waals surface area contributed by atoms with Gasteiger partial charge in [0, 0.05) is 24.0 Å². The van der Waals surface area contributed by atoms with E-state index in [1.54, 1.807) is 4.31 Å². The Hall–Kier alpha value is 0.350. The van der Waals surface area contributed by atoms with Gasteiger partial charge in [0.1, 0.15) is 0 Å². The van der Waals surface area contributed by atoms with Gasteiger partial charge in [-0.25, -0.2) is 0 Å². The molecule has 0 spiro atoms. The number of rotatable bonds is 4. The average molecular weight is 367 g/mol. The van der Waals surface area contributed by atoms with Gasteiger partial charge >= 0.3 is 0 Å². The van der Waals surface area contributed by atoms with Crippen molar-refractivity contribution in [3.05, 3.63) is 0 Å². The SMILES string of the molecule is CC1CCC(CBr)(NS(=O)(=O)N2CCCC(C)C2)CC1. The van der Waals surface area contributed by atoms with E-state index in [-0.39, 0.29) is 5.54 Å². The van der Waals surface area contributed by atoms with Gasteiger partial charge in [-0.2, -0.15) is 17.4 Å². The maximum atomic E-state index is 12.6. The molecule has 1 unspecified atom stereocenters. The third-order valence-electron chi connectivity index (χ3n) is 4.79. The van der Waals surface area contributed by atoms with Crippen LogP contribution >= 0.6 is 15.9 Å². The molecule has 1 saturated carbocycles. The van der Waals surface area contributed by atoms with Crippen LogP contribution in [-0.2, 0) is 10.2 Å². The van der Waals surface area contributed by atoms with Crippen molar-refractivity contribution in [2.75, 3.05) is 18.4 Å². The molecule has 4 nitrogen and oxygen atoms in total. The zero-order chi connectivity index (χ0) is 14.8. The fourth-order valence-corrected chi connectivity index (χ4v) is 5.94. The Balaban J connectivity index is 2.05. The summed E-state index contributed by atoms with van der Waals surface area (Å²) < 4.78 is 29.9. The van der Waals surface area contributed by atoms with Crippen LogP contribution < -0.4 is 4.72 Å². The highest BCUT2D eigenvalue weighted by atomic mass is 79.9. The molecular weight excluding hydrogens is 340 g/mol. The minimum absolute atomic E-state index is 0.286. The van der Waals surface area contributed by atoms with Crippen LogP contribution in [0.25, 0.3) is 0 Å². The number of halogens is 1. The molecule has 2 aliphatic rings. The van der Waals surface area contributed by atoms with Gasteiger partial charge in [0.2, 0.25) is 0 Å². The maximum Gasteiger partial charge on any atom is 0.279 e. The summed E-state index contributed by atoms with van der Waals surface area (Å²) in [6.45, 7) is 5.70. The molecule has 1 aliphatic carbocycles. The summed E-state index contributed by atoms with van der Waals surface area (Å²) in [5.41, 5.74) is -0.286. The van der Waals surface area contributed by atoms with Crippen LogP contribution in [-0.4, -0.2) is 36.7 Å². The fourth-order valence-electron chi connectivity index (χ4n) is 3.28. The summed E-state index contributed by atoms with van der Waals surface area (Å²) >= 11 is 3.53. The van der Waals surface area contributed by atoms with E-state index in [1.807, 2.05) is 0 Å². The van der Waals surface area contributed by atoms with Gasteiger partial charge in [0.15, 0.2) is 0 Å². The first-order chi connectivity index (χ1) is 9.37. The minimum Gasteiger partial charge on any atom is -0.195 e. The summed E-state index contributed by atoms with van der Waals surface area (Å²) in [6.07, 6.45) is 6.17. The molecule has 20 heavy (non-hydrogen) atoms. The van der Waals surface area contributed by atoms with Gasteiger partial charge < -0.3 is 0 Å². The highest BCUT2D eigenvalue weighted by molar-refractivity contribution is 9.09. The maximum absolute atomic E-state index is 12.6. The molecule has 1 heterocycles. The zero-order valence-electron chi connectivity index (χ0n) is 12.6. The van der Waals surface area contributed by atoms with Gasteiger partial charge in [0.25, 0.3) is 10.2 Å². The molecule has 0 radical (unpaired) electrons. The molecule has 2 rings (SSSR count). The summed E-state index contributed by atoms with van der Waals surface area (Å²) in [4.78, 5) is 0. The van der Waals surface area contributed by atoms with E-state index in [0.717, 1.165) is 38.5 Å². The number of nitrogens with one attached hydrogen (secondary N) is 1. The Morgan fingerprint density at radius 2 is 1.85 bits per heavy atom. The summed E-state index contributed by atoms with van der Waals surface area (Å²) in [5, 5.41) is 0.704. The summed E-state index contributed by atoms with van der Waals surface area (Å²) in [5.74, 6) is 1.17. The van der Waals surface area contributed by atoms with Crippen LogP contribution in [0.3, 0.4) is 0 Å². The lowest BCUT2D eigenvalue weighted by atomic mass is 9.79. The normalized spacial score (nSPS) is 37.0. The Morgan fingerprint density at radius 3 is 2.40 bits per heavy atom. The van der Waals surface area contributed by atoms with Crippen LogP contribution in [0.2, 0.25) is 0 Å². The van der Waals surface area contributed by atoms with E-state index in [9.17, 15) is 8.42 Å². The first-order valence-electron chi connectivity index (χ1n) is 7.72. The fraction of sp³-hybridized carbons (Fsp3) is 1.00. The second kappa shape index (κ2) is 6.63. The molecule has 0 aromatic heterocycles. The summed E-state index contributed by atoms with van der Waals surface area (Å²) in [6, 6.07) is 0. The minimum atomic E-state index is -3.35. The zero-order valence-corrected chi connectivity index (χ0v) is 15.0. The second-order valence-corrected chi connectivity index (χ2v) is 9.04. The van der Waals surface area contributed by atoms with E-state index >= 15 is 0 Å². The summed E-state index contributed by atoms with van der Waals surface area (Å²) in [7, 11) is -3.35. The average Bonchev–Trinajstić information content (AvgIpc) is 2.41. The molecule has 2 fully saturated rings. The van der Waals surface area contributed by atoms with Crippen molar-refractivity contribution in [1.82, 2.24) is 9.03 Å². The lowest BCUT2D eigenvalue weighted by Gasteiger charge is -2.40. The molecule has 1 aliphatic heterocycles. The number of nitrogens with zero attached hydrogens (tertiary/aromatic N) is 1. The highest BCUT2D eigenvalue weighted by Gasteiger charge is 2.39. The number of hydrogen-bond acceptors (Lipinski definition) is 2. The molecule has 118 valence electrons. The molecule has 6 heteroatoms. The quantitative estimate of drug-likeness (QED) is 0.777. The van der Waals surface area contributed by atoms with Crippen molar-refractivity contribution >= 4 is 26.1 Å². The molecule has 1 saturated heterocycles. The van der Waals surface area contributed by atoms with Gasteiger partial charge in [0.05, 0.1) is 0 Å². The Bertz CT molecular complexity index is 419. The third-order valence-corrected chi connectivity index (χ3v) is 7.57. The van der Waals surface area contributed by atoms with E-state index < -0.39 is 10.2 Å². The van der Waals surface area contributed by atoms with E-state index in [0.29, 0.717) is 30.3 Å². The first kappa shape index (κ1) is 16.7. The van der Waals surface area contributed by atoms with Crippen LogP contribution in [0.1, 0.15) is 52.4 Å². The van der Waals surface area contributed by atoms with Crippen LogP contribution in [0.5, 0.6) is 0 Å². The number of piperidine rings is 1. The Labute approximate surface area is 132 Å². The van der Waals surface area contributed by atoms with Crippen molar-refractivity contribution in [3.63, 3.8) is 0 Å². The highest BCUT2D eigenvalue weighted by Crippen LogP contribution is 2.34. The molecular formula is C14H27BrN2O2S. The van der Waals surface area contributed by atoms with Crippen molar-refractivity contribution in [1.29, 1.82) is 0 Å². The van der Waals surface area contributed by atoms with Crippen molar-refractivity contribution in [3.8, 4) is 0 Å². The lowest BCUT2D eigenvalue weighted by Crippen LogP contribution is -2.57. The Morgan fingerprint density at radius 1 is 1.20 bits per heavy atom. The van der Waals surface area contributed by atoms with Gasteiger partial charge in [-0.15, -0.1) is 0 Å². The van der Waals surface area contributed by atoms with E-state index in [2.05, 4.69) is 34.5 Å². The van der Waals surface area contributed by atoms with Gasteiger partial charge in [-0.3, -0.25) is 0 Å². The predicted molar refractivity (Wildman–Crippen MR) is 86.2 cm³/mol. The van der Waals surface area contributed by atoms with Gasteiger partial charge in [-0.05, 0) is 50.4 Å². The molecule has 0 bridgehead atoms. The largest absolute Gasteiger partial charge is 0.279 e. The molecule has 0 aromatic carbocycles. The number of alkyl halides is 1. The molecule has 1 N–H and O–H groups in total. The van der Waals surface area contributed by atoms with Crippen LogP contribution in [0.15, 0.2) is 0 Å². The second-order valence-electron chi connectivity index (χ2n) is 6.81. The van der Waals surface area contributed by atoms with Crippen molar-refractivity contribution in [2.45, 2.75) is 57.9 Å². The van der Waals surface area contributed by atoms with E-state index in [1.165, 1.54) is 0 Å². The lowest BCUT2D eigenvalue weighted by molar-refractivity contribution is 0.233. The smallest absolute Gasteiger partial charge is 0.195 e. The predicted octanol–water partition coefficient (Wildman–Crippen LogP) is 2.90. The van der Waals surface area contributed by atoms with E-state index in [4.69, 9.17) is 0 Å². The van der Waals surface area contributed by atoms with Crippen molar-refractivity contribution < 1.29 is 8.42 Å². The monoisotopic (exact) mass is 366 g/mol. The standard InChI is InChI=1S/C14H27BrN2O2S/c1-12-5-7-14(11-15,8-6-12)16-20(18,19)17-9-3-4-13(2)10-17/h12-13,16H,3-11H2,1-2H3.